The van der Waals surface area contributed by atoms with Crippen LogP contribution in [0.2, 0.25) is 0 Å². The van der Waals surface area contributed by atoms with Gasteiger partial charge in [0.25, 0.3) is 5.71 Å². The highest BCUT2D eigenvalue weighted by Gasteiger charge is 2.22. The number of rotatable bonds is 3. The molecular formula is C23H23N5O. The number of fused-ring (bicyclic) bond motifs is 1. The fraction of sp³-hybridized carbons (Fsp3) is 0.261. The third kappa shape index (κ3) is 3.47. The number of piperazine rings is 1. The van der Waals surface area contributed by atoms with Crippen LogP contribution in [0, 0.1) is 13.8 Å². The highest BCUT2D eigenvalue weighted by atomic mass is 16.4. The van der Waals surface area contributed by atoms with Gasteiger partial charge in [0, 0.05) is 37.3 Å². The fourth-order valence-corrected chi connectivity index (χ4v) is 3.56. The second kappa shape index (κ2) is 7.29. The second-order valence-electron chi connectivity index (χ2n) is 7.51. The van der Waals surface area contributed by atoms with Crippen LogP contribution in [-0.2, 0) is 0 Å². The zero-order valence-electron chi connectivity index (χ0n) is 16.6. The number of aryl methyl sites for hydroxylation is 2. The Bertz CT molecular complexity index is 1140. The summed E-state index contributed by atoms with van der Waals surface area (Å²) in [6.45, 7) is 7.75. The molecule has 1 aliphatic heterocycles. The predicted molar refractivity (Wildman–Crippen MR) is 115 cm³/mol. The number of nitrogens with zero attached hydrogens (tertiary/aromatic N) is 4. The minimum Gasteiger partial charge on any atom is -0.417 e. The molecule has 146 valence electrons. The number of oxazole rings is 1. The van der Waals surface area contributed by atoms with Crippen molar-refractivity contribution in [2.75, 3.05) is 31.1 Å². The normalized spacial score (nSPS) is 14.5. The molecule has 1 saturated heterocycles. The molecule has 6 nitrogen and oxygen atoms in total. The lowest BCUT2D eigenvalue weighted by atomic mass is 10.1. The largest absolute Gasteiger partial charge is 0.417 e. The Morgan fingerprint density at radius 2 is 1.41 bits per heavy atom. The lowest BCUT2D eigenvalue weighted by Gasteiger charge is -2.28. The Kier molecular flexibility index (Phi) is 4.48. The van der Waals surface area contributed by atoms with E-state index in [1.165, 1.54) is 11.1 Å². The summed E-state index contributed by atoms with van der Waals surface area (Å²) in [5, 5.41) is 3.39. The molecule has 0 radical (unpaired) electrons. The van der Waals surface area contributed by atoms with Crippen LogP contribution in [0.3, 0.4) is 0 Å². The Morgan fingerprint density at radius 3 is 2.07 bits per heavy atom. The number of aromatic nitrogens is 3. The van der Waals surface area contributed by atoms with E-state index in [0.717, 1.165) is 48.6 Å². The molecule has 0 amide bonds. The highest BCUT2D eigenvalue weighted by Crippen LogP contribution is 2.31. The van der Waals surface area contributed by atoms with Gasteiger partial charge in [0.15, 0.2) is 17.2 Å². The summed E-state index contributed by atoms with van der Waals surface area (Å²) in [6, 6.07) is 16.4. The number of benzene rings is 2. The fourth-order valence-electron chi connectivity index (χ4n) is 3.56. The maximum Gasteiger partial charge on any atom is 0.253 e. The quantitative estimate of drug-likeness (QED) is 0.575. The lowest BCUT2D eigenvalue weighted by molar-refractivity contribution is 0.585. The first kappa shape index (κ1) is 17.8. The molecule has 1 aliphatic rings. The lowest BCUT2D eigenvalue weighted by Crippen LogP contribution is -2.44. The first-order valence-electron chi connectivity index (χ1n) is 9.96. The highest BCUT2D eigenvalue weighted by molar-refractivity contribution is 5.86. The summed E-state index contributed by atoms with van der Waals surface area (Å²) >= 11 is 0. The average molecular weight is 385 g/mol. The van der Waals surface area contributed by atoms with Gasteiger partial charge in [-0.3, -0.25) is 0 Å². The van der Waals surface area contributed by atoms with Crippen molar-refractivity contribution in [2.45, 2.75) is 13.8 Å². The van der Waals surface area contributed by atoms with E-state index in [-0.39, 0.29) is 0 Å². The van der Waals surface area contributed by atoms with Gasteiger partial charge in [-0.05, 0) is 26.0 Å². The summed E-state index contributed by atoms with van der Waals surface area (Å²) in [7, 11) is 0. The first-order chi connectivity index (χ1) is 14.2. The van der Waals surface area contributed by atoms with E-state index in [0.29, 0.717) is 17.4 Å². The molecule has 0 unspecified atom stereocenters. The number of nitrogens with one attached hydrogen (secondary N) is 1. The van der Waals surface area contributed by atoms with E-state index in [4.69, 9.17) is 19.4 Å². The molecule has 0 spiro atoms. The van der Waals surface area contributed by atoms with Gasteiger partial charge in [0.2, 0.25) is 5.89 Å². The van der Waals surface area contributed by atoms with Gasteiger partial charge >= 0.3 is 0 Å². The zero-order valence-corrected chi connectivity index (χ0v) is 16.6. The smallest absolute Gasteiger partial charge is 0.253 e. The van der Waals surface area contributed by atoms with Crippen molar-refractivity contribution < 1.29 is 4.42 Å². The Morgan fingerprint density at radius 1 is 0.793 bits per heavy atom. The van der Waals surface area contributed by atoms with Crippen molar-refractivity contribution in [3.63, 3.8) is 0 Å². The van der Waals surface area contributed by atoms with E-state index in [2.05, 4.69) is 60.5 Å². The predicted octanol–water partition coefficient (Wildman–Crippen LogP) is 3.98. The van der Waals surface area contributed by atoms with Crippen molar-refractivity contribution in [2.24, 2.45) is 0 Å². The summed E-state index contributed by atoms with van der Waals surface area (Å²) in [4.78, 5) is 16.7. The summed E-state index contributed by atoms with van der Waals surface area (Å²) in [5.41, 5.74) is 5.57. The van der Waals surface area contributed by atoms with Gasteiger partial charge in [0.05, 0.1) is 0 Å². The average Bonchev–Trinajstić information content (AvgIpc) is 3.19. The summed E-state index contributed by atoms with van der Waals surface area (Å²) < 4.78 is 6.11. The molecule has 0 aliphatic carbocycles. The van der Waals surface area contributed by atoms with Crippen LogP contribution in [0.4, 0.5) is 5.82 Å². The van der Waals surface area contributed by atoms with E-state index >= 15 is 0 Å². The Hall–Kier alpha value is -3.25. The molecule has 1 fully saturated rings. The van der Waals surface area contributed by atoms with Crippen LogP contribution in [0.1, 0.15) is 11.1 Å². The maximum atomic E-state index is 6.11. The molecule has 0 saturated carbocycles. The second-order valence-corrected chi connectivity index (χ2v) is 7.51. The van der Waals surface area contributed by atoms with Crippen molar-refractivity contribution in [1.82, 2.24) is 20.3 Å². The minimum absolute atomic E-state index is 0.527. The van der Waals surface area contributed by atoms with Gasteiger partial charge in [-0.15, -0.1) is 0 Å². The van der Waals surface area contributed by atoms with Crippen LogP contribution in [0.15, 0.2) is 52.9 Å². The molecule has 0 bridgehead atoms. The molecular weight excluding hydrogens is 362 g/mol. The zero-order chi connectivity index (χ0) is 19.8. The number of hydrogen-bond acceptors (Lipinski definition) is 6. The van der Waals surface area contributed by atoms with E-state index in [1.807, 2.05) is 12.1 Å². The third-order valence-electron chi connectivity index (χ3n) is 5.27. The van der Waals surface area contributed by atoms with Gasteiger partial charge < -0.3 is 14.6 Å². The van der Waals surface area contributed by atoms with Crippen LogP contribution in [0.5, 0.6) is 0 Å². The Balaban J connectivity index is 1.67. The molecule has 6 heteroatoms. The summed E-state index contributed by atoms with van der Waals surface area (Å²) in [5.74, 6) is 2.08. The van der Waals surface area contributed by atoms with Crippen LogP contribution in [-0.4, -0.2) is 41.1 Å². The molecule has 3 heterocycles. The maximum absolute atomic E-state index is 6.11. The van der Waals surface area contributed by atoms with Crippen molar-refractivity contribution in [3.8, 4) is 22.8 Å². The van der Waals surface area contributed by atoms with Crippen LogP contribution >= 0.6 is 0 Å². The first-order valence-corrected chi connectivity index (χ1v) is 9.96. The monoisotopic (exact) mass is 385 g/mol. The van der Waals surface area contributed by atoms with Gasteiger partial charge in [-0.1, -0.05) is 47.5 Å². The number of anilines is 1. The van der Waals surface area contributed by atoms with E-state index in [1.54, 1.807) is 0 Å². The topological polar surface area (TPSA) is 67.1 Å². The minimum atomic E-state index is 0.527. The van der Waals surface area contributed by atoms with Crippen LogP contribution < -0.4 is 10.2 Å². The van der Waals surface area contributed by atoms with Gasteiger partial charge in [-0.2, -0.15) is 4.98 Å². The summed E-state index contributed by atoms with van der Waals surface area (Å²) in [6.07, 6.45) is 0. The molecule has 2 aromatic carbocycles. The van der Waals surface area contributed by atoms with Crippen LogP contribution in [0.25, 0.3) is 34.1 Å². The van der Waals surface area contributed by atoms with E-state index in [9.17, 15) is 0 Å². The van der Waals surface area contributed by atoms with Gasteiger partial charge in [-0.25, -0.2) is 9.97 Å². The third-order valence-corrected chi connectivity index (χ3v) is 5.27. The van der Waals surface area contributed by atoms with Crippen molar-refractivity contribution in [3.05, 3.63) is 59.7 Å². The molecule has 1 N–H and O–H groups in total. The molecule has 4 aromatic rings. The molecule has 0 atom stereocenters. The molecule has 5 rings (SSSR count). The van der Waals surface area contributed by atoms with Crippen molar-refractivity contribution in [1.29, 1.82) is 0 Å². The van der Waals surface area contributed by atoms with Crippen molar-refractivity contribution >= 4 is 17.0 Å². The standard InChI is InChI=1S/C23H23N5O/c1-15-3-7-17(8-4-15)20-26-21(28-13-11-24-12-14-28)19-23(27-20)29-22(25-19)18-9-5-16(2)6-10-18/h3-10,24H,11-14H2,1-2H3. The molecule has 2 aromatic heterocycles. The van der Waals surface area contributed by atoms with E-state index < -0.39 is 0 Å². The Labute approximate surface area is 169 Å². The SMILES string of the molecule is Cc1ccc(-c2nc(N3CCNCC3)c3nc(-c4ccc(C)cc4)oc3n2)cc1. The molecule has 29 heavy (non-hydrogen) atoms. The van der Waals surface area contributed by atoms with Gasteiger partial charge in [0.1, 0.15) is 0 Å². The number of hydrogen-bond donors (Lipinski definition) is 1.